The van der Waals surface area contributed by atoms with Crippen LogP contribution in [-0.2, 0) is 6.54 Å². The summed E-state index contributed by atoms with van der Waals surface area (Å²) in [6, 6.07) is 8.02. The molecule has 0 unspecified atom stereocenters. The summed E-state index contributed by atoms with van der Waals surface area (Å²) in [4.78, 5) is 1.47. The molecule has 1 heterocycles. The average molecular weight is 273 g/mol. The molecule has 0 amide bonds. The summed E-state index contributed by atoms with van der Waals surface area (Å²) in [7, 11) is 0. The molecule has 6 heteroatoms. The van der Waals surface area contributed by atoms with Crippen molar-refractivity contribution in [2.75, 3.05) is 13.2 Å². The van der Waals surface area contributed by atoms with Crippen LogP contribution in [0.15, 0.2) is 30.3 Å². The first-order valence-electron chi connectivity index (χ1n) is 6.09. The second-order valence-electron chi connectivity index (χ2n) is 4.80. The van der Waals surface area contributed by atoms with Gasteiger partial charge >= 0.3 is 5.92 Å². The zero-order valence-electron chi connectivity index (χ0n) is 10.3. The van der Waals surface area contributed by atoms with Gasteiger partial charge in [0, 0.05) is 13.1 Å². The van der Waals surface area contributed by atoms with Crippen LogP contribution in [0.1, 0.15) is 5.56 Å². The second-order valence-corrected chi connectivity index (χ2v) is 4.80. The number of alkyl halides is 2. The maximum absolute atomic E-state index is 13.5. The van der Waals surface area contributed by atoms with Crippen molar-refractivity contribution in [3.05, 3.63) is 35.9 Å². The molecule has 0 bridgehead atoms. The number of benzene rings is 1. The third kappa shape index (κ3) is 2.76. The predicted molar refractivity (Wildman–Crippen MR) is 64.7 cm³/mol. The fraction of sp³-hybridized carbons (Fsp3) is 0.538. The Morgan fingerprint density at radius 1 is 1.21 bits per heavy atom. The molecular formula is C13H17F2NO3. The molecule has 0 spiro atoms. The Kier molecular flexibility index (Phi) is 4.15. The molecule has 1 aromatic rings. The van der Waals surface area contributed by atoms with Crippen LogP contribution < -0.4 is 0 Å². The quantitative estimate of drug-likeness (QED) is 0.737. The van der Waals surface area contributed by atoms with Crippen molar-refractivity contribution in [1.82, 2.24) is 4.90 Å². The predicted octanol–water partition coefficient (Wildman–Crippen LogP) is 0.220. The molecule has 4 nitrogen and oxygen atoms in total. The SMILES string of the molecule is OC[C@@H]1[C@@H](O)C(F)(F)[C@@H](O)CN1Cc1ccccc1. The van der Waals surface area contributed by atoms with Crippen molar-refractivity contribution in [3.8, 4) is 0 Å². The molecule has 0 saturated carbocycles. The molecule has 0 radical (unpaired) electrons. The molecule has 106 valence electrons. The van der Waals surface area contributed by atoms with E-state index in [9.17, 15) is 24.1 Å². The first-order chi connectivity index (χ1) is 8.96. The summed E-state index contributed by atoms with van der Waals surface area (Å²) in [5.74, 6) is -3.60. The Hall–Kier alpha value is -1.08. The molecule has 3 N–H and O–H groups in total. The third-order valence-electron chi connectivity index (χ3n) is 3.50. The Labute approximate surface area is 109 Å². The van der Waals surface area contributed by atoms with E-state index in [0.717, 1.165) is 5.56 Å². The molecular weight excluding hydrogens is 256 g/mol. The number of hydrogen-bond donors (Lipinski definition) is 3. The fourth-order valence-corrected chi connectivity index (χ4v) is 2.35. The number of nitrogens with zero attached hydrogens (tertiary/aromatic N) is 1. The number of piperidine rings is 1. The molecule has 1 aliphatic rings. The van der Waals surface area contributed by atoms with Crippen molar-refractivity contribution < 1.29 is 24.1 Å². The van der Waals surface area contributed by atoms with E-state index in [2.05, 4.69) is 0 Å². The van der Waals surface area contributed by atoms with Gasteiger partial charge in [-0.15, -0.1) is 0 Å². The normalized spacial score (nSPS) is 31.3. The number of aliphatic hydroxyl groups excluding tert-OH is 3. The van der Waals surface area contributed by atoms with E-state index in [4.69, 9.17) is 0 Å². The van der Waals surface area contributed by atoms with Gasteiger partial charge in [-0.2, -0.15) is 0 Å². The number of aliphatic hydroxyl groups is 3. The van der Waals surface area contributed by atoms with Crippen LogP contribution in [0.5, 0.6) is 0 Å². The number of likely N-dealkylation sites (tertiary alicyclic amines) is 1. The lowest BCUT2D eigenvalue weighted by molar-refractivity contribution is -0.234. The molecule has 1 aliphatic heterocycles. The minimum absolute atomic E-state index is 0.288. The zero-order chi connectivity index (χ0) is 14.0. The highest BCUT2D eigenvalue weighted by Gasteiger charge is 2.55. The number of halogens is 2. The second kappa shape index (κ2) is 5.50. The van der Waals surface area contributed by atoms with Crippen LogP contribution in [0.2, 0.25) is 0 Å². The van der Waals surface area contributed by atoms with E-state index in [1.54, 1.807) is 0 Å². The maximum atomic E-state index is 13.5. The van der Waals surface area contributed by atoms with E-state index in [1.165, 1.54) is 4.90 Å². The minimum Gasteiger partial charge on any atom is -0.395 e. The van der Waals surface area contributed by atoms with E-state index in [1.807, 2.05) is 30.3 Å². The van der Waals surface area contributed by atoms with Crippen molar-refractivity contribution in [2.24, 2.45) is 0 Å². The number of hydrogen-bond acceptors (Lipinski definition) is 4. The van der Waals surface area contributed by atoms with Gasteiger partial charge in [-0.3, -0.25) is 4.90 Å². The van der Waals surface area contributed by atoms with Gasteiger partial charge in [0.15, 0.2) is 0 Å². The smallest absolute Gasteiger partial charge is 0.301 e. The van der Waals surface area contributed by atoms with E-state index in [-0.39, 0.29) is 13.1 Å². The molecule has 19 heavy (non-hydrogen) atoms. The van der Waals surface area contributed by atoms with Crippen molar-refractivity contribution >= 4 is 0 Å². The highest BCUT2D eigenvalue weighted by molar-refractivity contribution is 5.15. The van der Waals surface area contributed by atoms with Crippen LogP contribution >= 0.6 is 0 Å². The highest BCUT2D eigenvalue weighted by atomic mass is 19.3. The van der Waals surface area contributed by atoms with Crippen LogP contribution in [0, 0.1) is 0 Å². The van der Waals surface area contributed by atoms with Gasteiger partial charge in [-0.1, -0.05) is 30.3 Å². The first-order valence-corrected chi connectivity index (χ1v) is 6.09. The van der Waals surface area contributed by atoms with Crippen molar-refractivity contribution in [1.29, 1.82) is 0 Å². The Balaban J connectivity index is 2.16. The average Bonchev–Trinajstić information content (AvgIpc) is 2.39. The van der Waals surface area contributed by atoms with Crippen molar-refractivity contribution in [2.45, 2.75) is 30.7 Å². The summed E-state index contributed by atoms with van der Waals surface area (Å²) in [5.41, 5.74) is 0.866. The maximum Gasteiger partial charge on any atom is 0.301 e. The Morgan fingerprint density at radius 2 is 1.84 bits per heavy atom. The number of rotatable bonds is 3. The van der Waals surface area contributed by atoms with Crippen LogP contribution in [0.4, 0.5) is 8.78 Å². The number of β-amino-alcohol motifs (C(OH)–C–C–N with tert-alkyl or cyclic N) is 1. The Bertz CT molecular complexity index is 416. The third-order valence-corrected chi connectivity index (χ3v) is 3.50. The van der Waals surface area contributed by atoms with Crippen molar-refractivity contribution in [3.63, 3.8) is 0 Å². The standard InChI is InChI=1S/C13H17F2NO3/c14-13(15)11(18)7-16(10(8-17)12(13)19)6-9-4-2-1-3-5-9/h1-5,10-12,17-19H,6-8H2/t10-,11+,12-/m1/s1. The van der Waals surface area contributed by atoms with Crippen LogP contribution in [0.25, 0.3) is 0 Å². The minimum atomic E-state index is -3.60. The lowest BCUT2D eigenvalue weighted by atomic mass is 9.92. The van der Waals surface area contributed by atoms with E-state index in [0.29, 0.717) is 0 Å². The molecule has 2 rings (SSSR count). The van der Waals surface area contributed by atoms with E-state index >= 15 is 0 Å². The summed E-state index contributed by atoms with van der Waals surface area (Å²) < 4.78 is 27.0. The summed E-state index contributed by atoms with van der Waals surface area (Å²) in [6.45, 7) is -0.587. The lowest BCUT2D eigenvalue weighted by Gasteiger charge is -2.44. The van der Waals surface area contributed by atoms with Gasteiger partial charge in [-0.05, 0) is 5.56 Å². The molecule has 1 aromatic carbocycles. The summed E-state index contributed by atoms with van der Waals surface area (Å²) in [5, 5.41) is 28.3. The lowest BCUT2D eigenvalue weighted by Crippen LogP contribution is -2.65. The zero-order valence-corrected chi connectivity index (χ0v) is 10.3. The van der Waals surface area contributed by atoms with Gasteiger partial charge in [0.25, 0.3) is 0 Å². The van der Waals surface area contributed by atoms with Crippen LogP contribution in [0.3, 0.4) is 0 Å². The molecule has 1 saturated heterocycles. The highest BCUT2D eigenvalue weighted by Crippen LogP contribution is 2.33. The van der Waals surface area contributed by atoms with Gasteiger partial charge in [-0.25, -0.2) is 8.78 Å². The monoisotopic (exact) mass is 273 g/mol. The first kappa shape index (κ1) is 14.3. The van der Waals surface area contributed by atoms with Gasteiger partial charge in [0.05, 0.1) is 12.6 Å². The molecule has 0 aromatic heterocycles. The van der Waals surface area contributed by atoms with Gasteiger partial charge in [0.2, 0.25) is 0 Å². The largest absolute Gasteiger partial charge is 0.395 e. The summed E-state index contributed by atoms with van der Waals surface area (Å²) in [6.07, 6.45) is -4.01. The molecule has 3 atom stereocenters. The van der Waals surface area contributed by atoms with Gasteiger partial charge in [0.1, 0.15) is 12.2 Å². The van der Waals surface area contributed by atoms with Gasteiger partial charge < -0.3 is 15.3 Å². The molecule has 0 aliphatic carbocycles. The topological polar surface area (TPSA) is 63.9 Å². The van der Waals surface area contributed by atoms with Crippen LogP contribution in [-0.4, -0.2) is 57.5 Å². The Morgan fingerprint density at radius 3 is 2.42 bits per heavy atom. The summed E-state index contributed by atoms with van der Waals surface area (Å²) >= 11 is 0. The molecule has 1 fully saturated rings. The fourth-order valence-electron chi connectivity index (χ4n) is 2.35. The van der Waals surface area contributed by atoms with E-state index < -0.39 is 30.8 Å².